The zero-order valence-electron chi connectivity index (χ0n) is 32.7. The van der Waals surface area contributed by atoms with Crippen LogP contribution >= 0.6 is 0 Å². The number of aryl methyl sites for hydroxylation is 2. The average Bonchev–Trinajstić information content (AvgIpc) is 3.09. The monoisotopic (exact) mass is 754 g/mol. The molecule has 3 rings (SSSR count). The number of aliphatic hydroxyl groups excluding tert-OH is 2. The molecule has 3 aromatic rings. The highest BCUT2D eigenvalue weighted by molar-refractivity contribution is 7.89. The Labute approximate surface area is 310 Å². The van der Waals surface area contributed by atoms with Gasteiger partial charge in [-0.2, -0.15) is 0 Å². The number of benzene rings is 3. The van der Waals surface area contributed by atoms with Crippen molar-refractivity contribution in [1.29, 1.82) is 0 Å². The number of ether oxygens (including phenoxy) is 1. The van der Waals surface area contributed by atoms with Crippen molar-refractivity contribution in [3.05, 3.63) is 89.5 Å². The van der Waals surface area contributed by atoms with Crippen LogP contribution in [0.2, 0.25) is 0 Å². The molecule has 10 nitrogen and oxygen atoms in total. The van der Waals surface area contributed by atoms with Crippen molar-refractivity contribution in [1.82, 2.24) is 4.72 Å². The first-order chi connectivity index (χ1) is 23.8. The molecule has 1 unspecified atom stereocenters. The van der Waals surface area contributed by atoms with Crippen molar-refractivity contribution in [2.24, 2.45) is 5.92 Å². The van der Waals surface area contributed by atoms with Crippen LogP contribution < -0.4 is 9.46 Å². The number of aliphatic hydroxyl groups is 2. The summed E-state index contributed by atoms with van der Waals surface area (Å²) in [5, 5.41) is 15.8. The molecular weight excluding hydrogens is 689 g/mol. The highest BCUT2D eigenvalue weighted by Crippen LogP contribution is 2.15. The van der Waals surface area contributed by atoms with Crippen molar-refractivity contribution < 1.29 is 40.8 Å². The molecule has 0 aliphatic heterocycles. The number of rotatable bonds is 14. The Morgan fingerprint density at radius 3 is 1.47 bits per heavy atom. The summed E-state index contributed by atoms with van der Waals surface area (Å²) in [7, 11) is -1.20. The van der Waals surface area contributed by atoms with Crippen LogP contribution in [0.5, 0.6) is 5.75 Å². The Hall–Kier alpha value is -2.84. The summed E-state index contributed by atoms with van der Waals surface area (Å²) >= 11 is 0. The lowest BCUT2D eigenvalue weighted by Gasteiger charge is -2.23. The van der Waals surface area contributed by atoms with E-state index in [0.29, 0.717) is 26.4 Å². The highest BCUT2D eigenvalue weighted by Gasteiger charge is 2.15. The average molecular weight is 755 g/mol. The van der Waals surface area contributed by atoms with Gasteiger partial charge < -0.3 is 24.0 Å². The van der Waals surface area contributed by atoms with Crippen molar-refractivity contribution in [3.8, 4) is 5.75 Å². The molecule has 3 aromatic carbocycles. The molecule has 292 valence electrons. The second-order valence-corrected chi connectivity index (χ2v) is 16.4. The number of nitrogens with zero attached hydrogens (tertiary/aromatic N) is 1. The summed E-state index contributed by atoms with van der Waals surface area (Å²) in [6, 6.07) is 20.8. The minimum atomic E-state index is -4.27. The van der Waals surface area contributed by atoms with Gasteiger partial charge in [-0.25, -0.2) is 21.6 Å². The van der Waals surface area contributed by atoms with Crippen LogP contribution in [0.15, 0.2) is 82.6 Å². The molecule has 3 N–H and O–H groups in total. The lowest BCUT2D eigenvalue weighted by Crippen LogP contribution is -2.36. The van der Waals surface area contributed by atoms with Gasteiger partial charge in [0.2, 0.25) is 10.0 Å². The van der Waals surface area contributed by atoms with E-state index in [2.05, 4.69) is 51.8 Å². The van der Waals surface area contributed by atoms with Gasteiger partial charge in [0.15, 0.2) is 0 Å². The van der Waals surface area contributed by atoms with Gasteiger partial charge in [-0.3, -0.25) is 0 Å². The number of unbranched alkanes of at least 4 members (excludes halogenated alkanes) is 1. The van der Waals surface area contributed by atoms with Gasteiger partial charge in [0.25, 0.3) is 0 Å². The van der Waals surface area contributed by atoms with E-state index in [1.54, 1.807) is 36.4 Å². The normalized spacial score (nSPS) is 11.5. The summed E-state index contributed by atoms with van der Waals surface area (Å²) in [5.74, 6) is 0.861. The smallest absolute Gasteiger partial charge is 0.240 e. The molecule has 0 saturated carbocycles. The molecule has 0 radical (unpaired) electrons. The fourth-order valence-corrected chi connectivity index (χ4v) is 4.91. The van der Waals surface area contributed by atoms with Crippen LogP contribution in [0.3, 0.4) is 0 Å². The van der Waals surface area contributed by atoms with E-state index in [4.69, 9.17) is 14.9 Å². The third-order valence-electron chi connectivity index (χ3n) is 6.74. The molecule has 0 fully saturated rings. The maximum absolute atomic E-state index is 12.3. The third-order valence-corrected chi connectivity index (χ3v) is 9.03. The van der Waals surface area contributed by atoms with Gasteiger partial charge in [0, 0.05) is 32.1 Å². The van der Waals surface area contributed by atoms with E-state index in [-0.39, 0.29) is 15.7 Å². The van der Waals surface area contributed by atoms with Crippen LogP contribution in [0, 0.1) is 19.8 Å². The van der Waals surface area contributed by atoms with E-state index in [0.717, 1.165) is 47.2 Å². The predicted octanol–water partition coefficient (Wildman–Crippen LogP) is 6.72. The van der Waals surface area contributed by atoms with Gasteiger partial charge in [0.05, 0.1) is 44.1 Å². The number of quaternary nitrogens is 1. The molecule has 0 heterocycles. The molecule has 12 heteroatoms. The van der Waals surface area contributed by atoms with E-state index < -0.39 is 20.1 Å². The minimum Gasteiger partial charge on any atom is -0.744 e. The number of hydrogen-bond donors (Lipinski definition) is 3. The number of likely N-dealkylation sites (N-methyl/N-ethyl adjacent to an activating group) is 1. The fourth-order valence-electron chi connectivity index (χ4n) is 3.27. The second kappa shape index (κ2) is 27.8. The fraction of sp³-hybridized carbons (Fsp3) is 0.538. The zero-order valence-corrected chi connectivity index (χ0v) is 34.3. The first-order valence-electron chi connectivity index (χ1n) is 17.6. The van der Waals surface area contributed by atoms with Crippen molar-refractivity contribution in [3.63, 3.8) is 0 Å². The molecule has 0 aromatic heterocycles. The maximum Gasteiger partial charge on any atom is 0.240 e. The minimum absolute atomic E-state index is 0.0538. The van der Waals surface area contributed by atoms with E-state index in [9.17, 15) is 21.4 Å². The Morgan fingerprint density at radius 2 is 1.12 bits per heavy atom. The molecule has 51 heavy (non-hydrogen) atoms. The van der Waals surface area contributed by atoms with E-state index in [1.165, 1.54) is 30.5 Å². The zero-order chi connectivity index (χ0) is 39.5. The summed E-state index contributed by atoms with van der Waals surface area (Å²) in [6.07, 6.45) is 5.42. The molecule has 0 aliphatic carbocycles. The van der Waals surface area contributed by atoms with E-state index in [1.807, 2.05) is 46.8 Å². The van der Waals surface area contributed by atoms with Crippen LogP contribution in [-0.4, -0.2) is 90.1 Å². The van der Waals surface area contributed by atoms with Gasteiger partial charge in [-0.1, -0.05) is 95.0 Å². The Balaban J connectivity index is 0. The summed E-state index contributed by atoms with van der Waals surface area (Å²) < 4.78 is 65.3. The van der Waals surface area contributed by atoms with E-state index >= 15 is 0 Å². The van der Waals surface area contributed by atoms with Crippen LogP contribution in [-0.2, 0) is 26.6 Å². The molecule has 0 amide bonds. The van der Waals surface area contributed by atoms with Crippen LogP contribution in [0.4, 0.5) is 0 Å². The molecule has 0 saturated heterocycles. The predicted molar refractivity (Wildman–Crippen MR) is 209 cm³/mol. The van der Waals surface area contributed by atoms with Crippen molar-refractivity contribution in [2.75, 3.05) is 54.1 Å². The number of hydrogen-bond acceptors (Lipinski definition) is 8. The Morgan fingerprint density at radius 1 is 0.706 bits per heavy atom. The SMILES string of the molecule is CCCC.CCCO.CCCO.Cc1ccc(S(=O)(=O)NCC(C)COc2ccc(CC[N+](C)(C)C)cc2)cc1.Cc1ccc(S(=O)(=O)[O-])cc1. The first kappa shape index (κ1) is 50.3. The maximum atomic E-state index is 12.3. The molecule has 1 atom stereocenters. The number of sulfonamides is 1. The topological polar surface area (TPSA) is 153 Å². The van der Waals surface area contributed by atoms with Crippen molar-refractivity contribution >= 4 is 20.1 Å². The summed E-state index contributed by atoms with van der Waals surface area (Å²) in [4.78, 5) is 0.110. The summed E-state index contributed by atoms with van der Waals surface area (Å²) in [5.41, 5.74) is 3.25. The molecule has 0 aliphatic rings. The van der Waals surface area contributed by atoms with Crippen molar-refractivity contribution in [2.45, 2.75) is 90.4 Å². The Kier molecular flexibility index (Phi) is 27.4. The second-order valence-electron chi connectivity index (χ2n) is 13.2. The lowest BCUT2D eigenvalue weighted by molar-refractivity contribution is -0.870. The molecule has 0 spiro atoms. The third kappa shape index (κ3) is 27.5. The highest BCUT2D eigenvalue weighted by atomic mass is 32.2. The van der Waals surface area contributed by atoms with Gasteiger partial charge in [-0.15, -0.1) is 0 Å². The Bertz CT molecular complexity index is 1470. The lowest BCUT2D eigenvalue weighted by atomic mass is 10.1. The quantitative estimate of drug-likeness (QED) is 0.121. The first-order valence-corrected chi connectivity index (χ1v) is 20.5. The molecular formula is C39H66N2O8S2. The largest absolute Gasteiger partial charge is 0.744 e. The number of nitrogens with one attached hydrogen (secondary N) is 1. The van der Waals surface area contributed by atoms with Crippen LogP contribution in [0.1, 0.15) is 77.0 Å². The van der Waals surface area contributed by atoms with Crippen LogP contribution in [0.25, 0.3) is 0 Å². The summed E-state index contributed by atoms with van der Waals surface area (Å²) in [6.45, 7) is 16.4. The molecule has 0 bridgehead atoms. The standard InChI is InChI=1S/C22H33N2O3S.C7H8O3S.C4H10.2C3H8O/c1-18-6-12-22(13-7-18)28(25,26)23-16-19(2)17-27-21-10-8-20(9-11-21)14-15-24(3,4)5;1-6-2-4-7(5-3-6)11(8,9)10;1-3-4-2;2*1-2-3-4/h6-13,19,23H,14-17H2,1-5H3;2-5H,1H3,(H,8,9,10);3-4H2,1-2H3;2*4H,2-3H2,1H3/q+1;;;;/p-1. The van der Waals surface area contributed by atoms with Gasteiger partial charge in [0.1, 0.15) is 15.9 Å². The van der Waals surface area contributed by atoms with Gasteiger partial charge in [-0.05, 0) is 68.7 Å². The van der Waals surface area contributed by atoms with Gasteiger partial charge >= 0.3 is 0 Å².